The van der Waals surface area contributed by atoms with Crippen molar-refractivity contribution in [2.24, 2.45) is 0 Å². The third kappa shape index (κ3) is 3.05. The van der Waals surface area contributed by atoms with E-state index in [1.54, 1.807) is 17.7 Å². The number of anilines is 1. The second kappa shape index (κ2) is 6.71. The molecular formula is C19H14BrN3S. The lowest BCUT2D eigenvalue weighted by Crippen LogP contribution is -2.02. The number of nitrogens with zero attached hydrogens (tertiary/aromatic N) is 2. The summed E-state index contributed by atoms with van der Waals surface area (Å²) in [6, 6.07) is 18.7. The van der Waals surface area contributed by atoms with Crippen LogP contribution in [0.2, 0.25) is 0 Å². The van der Waals surface area contributed by atoms with Gasteiger partial charge in [0.2, 0.25) is 0 Å². The van der Waals surface area contributed by atoms with Crippen LogP contribution >= 0.6 is 27.3 Å². The van der Waals surface area contributed by atoms with Gasteiger partial charge < -0.3 is 5.32 Å². The minimum Gasteiger partial charge on any atom is -0.365 e. The fourth-order valence-corrected chi connectivity index (χ4v) is 3.81. The van der Waals surface area contributed by atoms with Crippen molar-refractivity contribution in [2.75, 3.05) is 5.32 Å². The number of halogens is 1. The number of hydrogen-bond donors (Lipinski definition) is 1. The molecule has 2 aromatic carbocycles. The van der Waals surface area contributed by atoms with E-state index in [4.69, 9.17) is 0 Å². The predicted octanol–water partition coefficient (Wildman–Crippen LogP) is 5.73. The Morgan fingerprint density at radius 1 is 0.958 bits per heavy atom. The van der Waals surface area contributed by atoms with Crippen molar-refractivity contribution in [3.63, 3.8) is 0 Å². The first-order valence-electron chi connectivity index (χ1n) is 7.57. The molecule has 0 atom stereocenters. The first-order chi connectivity index (χ1) is 11.8. The Morgan fingerprint density at radius 3 is 2.54 bits per heavy atom. The number of nitrogens with one attached hydrogen (secondary N) is 1. The SMILES string of the molecule is Brc1ccc(-c2csc3ncnc(NCc4ccccc4)c23)cc1. The van der Waals surface area contributed by atoms with Crippen molar-refractivity contribution in [1.82, 2.24) is 9.97 Å². The largest absolute Gasteiger partial charge is 0.365 e. The fourth-order valence-electron chi connectivity index (χ4n) is 2.63. The molecule has 2 aromatic heterocycles. The Bertz CT molecular complexity index is 965. The van der Waals surface area contributed by atoms with Crippen LogP contribution in [-0.2, 0) is 6.54 Å². The number of thiophene rings is 1. The Labute approximate surface area is 152 Å². The van der Waals surface area contributed by atoms with Crippen LogP contribution in [0.1, 0.15) is 5.56 Å². The predicted molar refractivity (Wildman–Crippen MR) is 104 cm³/mol. The highest BCUT2D eigenvalue weighted by Gasteiger charge is 2.13. The van der Waals surface area contributed by atoms with Crippen molar-refractivity contribution in [3.05, 3.63) is 76.3 Å². The lowest BCUT2D eigenvalue weighted by molar-refractivity contribution is 1.11. The summed E-state index contributed by atoms with van der Waals surface area (Å²) < 4.78 is 1.07. The van der Waals surface area contributed by atoms with Crippen LogP contribution < -0.4 is 5.32 Å². The van der Waals surface area contributed by atoms with E-state index < -0.39 is 0 Å². The average Bonchev–Trinajstić information content (AvgIpc) is 3.06. The van der Waals surface area contributed by atoms with Gasteiger partial charge in [0.1, 0.15) is 17.0 Å². The molecule has 2 heterocycles. The molecule has 118 valence electrons. The zero-order valence-electron chi connectivity index (χ0n) is 12.7. The summed E-state index contributed by atoms with van der Waals surface area (Å²) in [6.45, 7) is 0.739. The molecule has 0 aliphatic rings. The number of rotatable bonds is 4. The summed E-state index contributed by atoms with van der Waals surface area (Å²) in [7, 11) is 0. The average molecular weight is 396 g/mol. The molecule has 0 bridgehead atoms. The maximum absolute atomic E-state index is 4.47. The van der Waals surface area contributed by atoms with Gasteiger partial charge in [0, 0.05) is 22.0 Å². The Hall–Kier alpha value is -2.24. The molecule has 1 N–H and O–H groups in total. The zero-order valence-corrected chi connectivity index (χ0v) is 15.1. The van der Waals surface area contributed by atoms with Gasteiger partial charge in [0.05, 0.1) is 5.39 Å². The van der Waals surface area contributed by atoms with Crippen LogP contribution in [0.25, 0.3) is 21.3 Å². The van der Waals surface area contributed by atoms with Gasteiger partial charge >= 0.3 is 0 Å². The lowest BCUT2D eigenvalue weighted by atomic mass is 10.1. The van der Waals surface area contributed by atoms with Crippen LogP contribution in [0.5, 0.6) is 0 Å². The topological polar surface area (TPSA) is 37.8 Å². The van der Waals surface area contributed by atoms with Crippen molar-refractivity contribution in [3.8, 4) is 11.1 Å². The monoisotopic (exact) mass is 395 g/mol. The second-order valence-corrected chi connectivity index (χ2v) is 7.17. The van der Waals surface area contributed by atoms with Gasteiger partial charge in [0.15, 0.2) is 0 Å². The molecule has 0 saturated carbocycles. The summed E-state index contributed by atoms with van der Waals surface area (Å²) in [5.74, 6) is 0.878. The van der Waals surface area contributed by atoms with Gasteiger partial charge in [-0.15, -0.1) is 11.3 Å². The molecular weight excluding hydrogens is 382 g/mol. The molecule has 0 aliphatic heterocycles. The third-order valence-electron chi connectivity index (χ3n) is 3.83. The summed E-state index contributed by atoms with van der Waals surface area (Å²) >= 11 is 5.14. The Morgan fingerprint density at radius 2 is 1.75 bits per heavy atom. The maximum Gasteiger partial charge on any atom is 0.139 e. The molecule has 5 heteroatoms. The van der Waals surface area contributed by atoms with Gasteiger partial charge in [-0.05, 0) is 23.3 Å². The third-order valence-corrected chi connectivity index (χ3v) is 5.24. The van der Waals surface area contributed by atoms with Gasteiger partial charge in [-0.1, -0.05) is 58.4 Å². The second-order valence-electron chi connectivity index (χ2n) is 5.40. The van der Waals surface area contributed by atoms with Gasteiger partial charge in [0.25, 0.3) is 0 Å². The number of hydrogen-bond acceptors (Lipinski definition) is 4. The van der Waals surface area contributed by atoms with Crippen molar-refractivity contribution in [2.45, 2.75) is 6.54 Å². The highest BCUT2D eigenvalue weighted by molar-refractivity contribution is 9.10. The van der Waals surface area contributed by atoms with Crippen molar-refractivity contribution < 1.29 is 0 Å². The molecule has 0 fully saturated rings. The lowest BCUT2D eigenvalue weighted by Gasteiger charge is -2.08. The van der Waals surface area contributed by atoms with E-state index in [0.29, 0.717) is 0 Å². The van der Waals surface area contributed by atoms with Crippen LogP contribution in [0.3, 0.4) is 0 Å². The molecule has 0 spiro atoms. The maximum atomic E-state index is 4.47. The molecule has 4 aromatic rings. The zero-order chi connectivity index (χ0) is 16.4. The highest BCUT2D eigenvalue weighted by Crippen LogP contribution is 2.36. The van der Waals surface area contributed by atoms with E-state index in [-0.39, 0.29) is 0 Å². The molecule has 3 nitrogen and oxygen atoms in total. The molecule has 24 heavy (non-hydrogen) atoms. The summed E-state index contributed by atoms with van der Waals surface area (Å²) in [5, 5.41) is 6.69. The van der Waals surface area contributed by atoms with Gasteiger partial charge in [-0.25, -0.2) is 9.97 Å². The molecule has 0 saturated heterocycles. The van der Waals surface area contributed by atoms with E-state index in [2.05, 4.69) is 73.0 Å². The summed E-state index contributed by atoms with van der Waals surface area (Å²) in [5.41, 5.74) is 3.56. The Balaban J connectivity index is 1.73. The molecule has 0 unspecified atom stereocenters. The van der Waals surface area contributed by atoms with Gasteiger partial charge in [-0.2, -0.15) is 0 Å². The summed E-state index contributed by atoms with van der Waals surface area (Å²) in [4.78, 5) is 9.89. The number of benzene rings is 2. The molecule has 0 radical (unpaired) electrons. The molecule has 0 aliphatic carbocycles. The van der Waals surface area contributed by atoms with Crippen LogP contribution in [0, 0.1) is 0 Å². The number of aromatic nitrogens is 2. The highest BCUT2D eigenvalue weighted by atomic mass is 79.9. The van der Waals surface area contributed by atoms with E-state index >= 15 is 0 Å². The van der Waals surface area contributed by atoms with Crippen LogP contribution in [-0.4, -0.2) is 9.97 Å². The van der Waals surface area contributed by atoms with E-state index in [9.17, 15) is 0 Å². The first kappa shape index (κ1) is 15.3. The molecule has 0 amide bonds. The standard InChI is InChI=1S/C19H14BrN3S/c20-15-8-6-14(7-9-15)16-11-24-19-17(16)18(22-12-23-19)21-10-13-4-2-1-3-5-13/h1-9,11-12H,10H2,(H,21,22,23). The van der Waals surface area contributed by atoms with E-state index in [0.717, 1.165) is 27.1 Å². The minimum atomic E-state index is 0.739. The smallest absolute Gasteiger partial charge is 0.139 e. The molecule has 4 rings (SSSR count). The first-order valence-corrected chi connectivity index (χ1v) is 9.24. The van der Waals surface area contributed by atoms with E-state index in [1.165, 1.54) is 16.7 Å². The van der Waals surface area contributed by atoms with E-state index in [1.807, 2.05) is 18.2 Å². The van der Waals surface area contributed by atoms with Crippen molar-refractivity contribution in [1.29, 1.82) is 0 Å². The van der Waals surface area contributed by atoms with Gasteiger partial charge in [-0.3, -0.25) is 0 Å². The summed E-state index contributed by atoms with van der Waals surface area (Å²) in [6.07, 6.45) is 1.62. The van der Waals surface area contributed by atoms with Crippen LogP contribution in [0.15, 0.2) is 70.8 Å². The fraction of sp³-hybridized carbons (Fsp3) is 0.0526. The normalized spacial score (nSPS) is 10.9. The Kier molecular flexibility index (Phi) is 4.28. The quantitative estimate of drug-likeness (QED) is 0.479. The minimum absolute atomic E-state index is 0.739. The van der Waals surface area contributed by atoms with Crippen LogP contribution in [0.4, 0.5) is 5.82 Å². The van der Waals surface area contributed by atoms with Crippen molar-refractivity contribution >= 4 is 43.3 Å². The number of fused-ring (bicyclic) bond motifs is 1.